The molecule has 5 heteroatoms. The Hall–Kier alpha value is -5.03. The molecule has 1 heterocycles. The van der Waals surface area contributed by atoms with E-state index in [4.69, 9.17) is 4.74 Å². The quantitative estimate of drug-likeness (QED) is 0.129. The summed E-state index contributed by atoms with van der Waals surface area (Å²) in [5.41, 5.74) is 6.49. The fourth-order valence-electron chi connectivity index (χ4n) is 6.06. The van der Waals surface area contributed by atoms with Gasteiger partial charge in [0.05, 0.1) is 12.1 Å². The first-order chi connectivity index (χ1) is 21.3. The first-order valence-electron chi connectivity index (χ1n) is 15.1. The van der Waals surface area contributed by atoms with Gasteiger partial charge in [-0.05, 0) is 46.7 Å². The fourth-order valence-corrected chi connectivity index (χ4v) is 6.06. The third-order valence-corrected chi connectivity index (χ3v) is 8.22. The van der Waals surface area contributed by atoms with Crippen molar-refractivity contribution in [1.82, 2.24) is 4.57 Å². The van der Waals surface area contributed by atoms with Crippen molar-refractivity contribution >= 4 is 17.5 Å². The van der Waals surface area contributed by atoms with Crippen LogP contribution in [0.15, 0.2) is 121 Å². The molecule has 0 aliphatic heterocycles. The van der Waals surface area contributed by atoms with E-state index in [0.29, 0.717) is 17.5 Å². The number of Topliss-reactive ketones (excluding diaryl/α,β-unsaturated/α-hetero) is 2. The molecule has 0 bridgehead atoms. The summed E-state index contributed by atoms with van der Waals surface area (Å²) in [6.07, 6.45) is 0.401. The first-order valence-corrected chi connectivity index (χ1v) is 15.1. The Kier molecular flexibility index (Phi) is 8.12. The number of aromatic nitrogens is 1. The van der Waals surface area contributed by atoms with Gasteiger partial charge in [0, 0.05) is 35.3 Å². The molecule has 1 aliphatic rings. The van der Waals surface area contributed by atoms with Crippen LogP contribution in [0.2, 0.25) is 0 Å². The van der Waals surface area contributed by atoms with Gasteiger partial charge in [-0.25, -0.2) is 0 Å². The van der Waals surface area contributed by atoms with E-state index in [2.05, 4.69) is 18.4 Å². The minimum atomic E-state index is -0.759. The number of nitrogens with zero attached hydrogens (tertiary/aromatic N) is 1. The molecule has 1 aliphatic carbocycles. The van der Waals surface area contributed by atoms with E-state index in [1.807, 2.05) is 109 Å². The van der Waals surface area contributed by atoms with Gasteiger partial charge in [-0.1, -0.05) is 117 Å². The monoisotopic (exact) mass is 581 g/mol. The lowest BCUT2D eigenvalue weighted by molar-refractivity contribution is -0.147. The average molecular weight is 582 g/mol. The zero-order valence-corrected chi connectivity index (χ0v) is 25.0. The van der Waals surface area contributed by atoms with Gasteiger partial charge in [0.15, 0.2) is 17.7 Å². The molecule has 0 saturated carbocycles. The molecule has 1 unspecified atom stereocenters. The minimum Gasteiger partial charge on any atom is -0.451 e. The largest absolute Gasteiger partial charge is 0.451 e. The van der Waals surface area contributed by atoms with Crippen LogP contribution in [0.4, 0.5) is 0 Å². The van der Waals surface area contributed by atoms with Crippen LogP contribution in [0.3, 0.4) is 0 Å². The summed E-state index contributed by atoms with van der Waals surface area (Å²) in [5, 5.41) is 0. The number of esters is 1. The SMILES string of the molecule is CC1(C)CC(=O)c2cc(C(OC(=O)CCC(=O)c3ccc(-c4ccccc4)cc3)c3ccccc3)n(-c3ccccc3)c2C1. The van der Waals surface area contributed by atoms with Crippen LogP contribution < -0.4 is 0 Å². The van der Waals surface area contributed by atoms with Crippen molar-refractivity contribution in [1.29, 1.82) is 0 Å². The number of para-hydroxylation sites is 1. The third-order valence-electron chi connectivity index (χ3n) is 8.22. The lowest BCUT2D eigenvalue weighted by atomic mass is 9.76. The lowest BCUT2D eigenvalue weighted by Crippen LogP contribution is -2.28. The number of fused-ring (bicyclic) bond motifs is 1. The van der Waals surface area contributed by atoms with Gasteiger partial charge < -0.3 is 9.30 Å². The molecular formula is C39H35NO4. The van der Waals surface area contributed by atoms with Crippen molar-refractivity contribution in [3.63, 3.8) is 0 Å². The van der Waals surface area contributed by atoms with Crippen LogP contribution in [0, 0.1) is 5.41 Å². The number of benzene rings is 4. The maximum absolute atomic E-state index is 13.4. The van der Waals surface area contributed by atoms with Crippen LogP contribution in [-0.2, 0) is 16.0 Å². The highest BCUT2D eigenvalue weighted by Gasteiger charge is 2.37. The molecule has 220 valence electrons. The molecule has 6 rings (SSSR count). The molecule has 5 aromatic rings. The Morgan fingerprint density at radius 3 is 2.00 bits per heavy atom. The van der Waals surface area contributed by atoms with Crippen LogP contribution >= 0.6 is 0 Å². The Bertz CT molecular complexity index is 1790. The number of ether oxygens (including phenoxy) is 1. The Morgan fingerprint density at radius 1 is 0.750 bits per heavy atom. The summed E-state index contributed by atoms with van der Waals surface area (Å²) in [5.74, 6) is -0.499. The molecule has 5 nitrogen and oxygen atoms in total. The maximum Gasteiger partial charge on any atom is 0.307 e. The first kappa shape index (κ1) is 29.1. The van der Waals surface area contributed by atoms with Crippen LogP contribution in [0.5, 0.6) is 0 Å². The smallest absolute Gasteiger partial charge is 0.307 e. The van der Waals surface area contributed by atoms with Gasteiger partial charge in [0.2, 0.25) is 0 Å². The highest BCUT2D eigenvalue weighted by Crippen LogP contribution is 2.41. The lowest BCUT2D eigenvalue weighted by Gasteiger charge is -2.30. The Balaban J connectivity index is 1.27. The van der Waals surface area contributed by atoms with E-state index in [9.17, 15) is 14.4 Å². The van der Waals surface area contributed by atoms with Crippen LogP contribution in [0.25, 0.3) is 16.8 Å². The standard InChI is InChI=1S/C39H35NO4/c1-39(2)25-34-32(36(42)26-39)24-33(40(34)31-16-10-5-11-17-31)38(30-14-8-4-9-15-30)44-37(43)23-22-35(41)29-20-18-28(19-21-29)27-12-6-3-7-13-27/h3-21,24,38H,22-23,25-26H2,1-2H3. The summed E-state index contributed by atoms with van der Waals surface area (Å²) < 4.78 is 8.27. The second kappa shape index (κ2) is 12.3. The predicted molar refractivity (Wildman–Crippen MR) is 172 cm³/mol. The second-order valence-electron chi connectivity index (χ2n) is 12.2. The second-order valence-corrected chi connectivity index (χ2v) is 12.2. The summed E-state index contributed by atoms with van der Waals surface area (Å²) >= 11 is 0. The fraction of sp³-hybridized carbons (Fsp3) is 0.205. The summed E-state index contributed by atoms with van der Waals surface area (Å²) in [7, 11) is 0. The van der Waals surface area contributed by atoms with Gasteiger partial charge in [0.1, 0.15) is 0 Å². The Morgan fingerprint density at radius 2 is 1.34 bits per heavy atom. The van der Waals surface area contributed by atoms with Crippen molar-refractivity contribution in [3.05, 3.63) is 149 Å². The van der Waals surface area contributed by atoms with E-state index >= 15 is 0 Å². The molecule has 0 amide bonds. The third kappa shape index (κ3) is 6.18. The molecule has 0 N–H and O–H groups in total. The summed E-state index contributed by atoms with van der Waals surface area (Å²) in [6.45, 7) is 4.22. The van der Waals surface area contributed by atoms with E-state index in [1.54, 1.807) is 12.1 Å². The topological polar surface area (TPSA) is 65.4 Å². The van der Waals surface area contributed by atoms with E-state index < -0.39 is 12.1 Å². The van der Waals surface area contributed by atoms with Gasteiger partial charge in [-0.3, -0.25) is 14.4 Å². The molecule has 4 aromatic carbocycles. The van der Waals surface area contributed by atoms with Gasteiger partial charge in [-0.2, -0.15) is 0 Å². The number of hydrogen-bond donors (Lipinski definition) is 0. The molecule has 0 saturated heterocycles. The predicted octanol–water partition coefficient (Wildman–Crippen LogP) is 8.60. The van der Waals surface area contributed by atoms with Gasteiger partial charge in [0.25, 0.3) is 0 Å². The zero-order valence-electron chi connectivity index (χ0n) is 25.0. The number of carbonyl (C=O) groups excluding carboxylic acids is 3. The van der Waals surface area contributed by atoms with Gasteiger partial charge in [-0.15, -0.1) is 0 Å². The Labute approximate surface area is 258 Å². The van der Waals surface area contributed by atoms with Crippen LogP contribution in [-0.4, -0.2) is 22.1 Å². The minimum absolute atomic E-state index is 0.0356. The normalized spacial score (nSPS) is 14.5. The molecule has 1 atom stereocenters. The van der Waals surface area contributed by atoms with E-state index in [1.165, 1.54) is 0 Å². The molecular weight excluding hydrogens is 546 g/mol. The number of ketones is 2. The molecule has 44 heavy (non-hydrogen) atoms. The van der Waals surface area contributed by atoms with Gasteiger partial charge >= 0.3 is 5.97 Å². The van der Waals surface area contributed by atoms with E-state index in [0.717, 1.165) is 40.2 Å². The van der Waals surface area contributed by atoms with E-state index in [-0.39, 0.29) is 29.8 Å². The highest BCUT2D eigenvalue weighted by atomic mass is 16.5. The number of hydrogen-bond acceptors (Lipinski definition) is 4. The van der Waals surface area contributed by atoms with Crippen molar-refractivity contribution in [2.75, 3.05) is 0 Å². The number of rotatable bonds is 9. The maximum atomic E-state index is 13.4. The molecule has 0 radical (unpaired) electrons. The van der Waals surface area contributed by atoms with Crippen molar-refractivity contribution in [2.24, 2.45) is 5.41 Å². The molecule has 1 aromatic heterocycles. The van der Waals surface area contributed by atoms with Crippen molar-refractivity contribution in [2.45, 2.75) is 45.6 Å². The zero-order chi connectivity index (χ0) is 30.7. The molecule has 0 spiro atoms. The summed E-state index contributed by atoms with van der Waals surface area (Å²) in [6, 6.07) is 38.8. The summed E-state index contributed by atoms with van der Waals surface area (Å²) in [4.78, 5) is 39.8. The highest BCUT2D eigenvalue weighted by molar-refractivity contribution is 5.99. The molecule has 0 fully saturated rings. The number of carbonyl (C=O) groups is 3. The average Bonchev–Trinajstić information content (AvgIpc) is 3.42. The van der Waals surface area contributed by atoms with Crippen LogP contribution in [0.1, 0.15) is 76.9 Å². The van der Waals surface area contributed by atoms with Crippen molar-refractivity contribution < 1.29 is 19.1 Å². The van der Waals surface area contributed by atoms with Crippen molar-refractivity contribution in [3.8, 4) is 16.8 Å².